The second-order valence-corrected chi connectivity index (χ2v) is 15.1. The Labute approximate surface area is 273 Å². The monoisotopic (exact) mass is 690 g/mol. The number of hydrogen-bond acceptors (Lipinski definition) is 14. The highest BCUT2D eigenvalue weighted by Crippen LogP contribution is 2.54. The van der Waals surface area contributed by atoms with E-state index in [1.807, 2.05) is 0 Å². The van der Waals surface area contributed by atoms with Crippen LogP contribution < -0.4 is 20.7 Å². The van der Waals surface area contributed by atoms with Gasteiger partial charge in [-0.25, -0.2) is 13.4 Å². The summed E-state index contributed by atoms with van der Waals surface area (Å²) < 4.78 is 29.0. The standard InChI is InChI=1S/C29H34N6O10S2/c1-10-27(46-28(31-10)32-11(2)36)47(44,45)33-15-9-16(34(3)4)13-7-12-8-14-20(35(5)6)23(39)19(26(30)42)25(41)29(14,43)24(40)17(12)22(38)18(13)21(15)37/h9,12,14,20,33,37-38,41,43H,7-8H2,1-6H3,(H2,30,42)(H,31,32,36)/t12?,14?,20-,29-/m0/s1. The molecule has 252 valence electrons. The average Bonchev–Trinajstić information content (AvgIpc) is 3.31. The van der Waals surface area contributed by atoms with Crippen LogP contribution in [0.5, 0.6) is 5.75 Å². The van der Waals surface area contributed by atoms with E-state index in [4.69, 9.17) is 5.73 Å². The molecule has 18 heteroatoms. The normalized spacial score (nSPS) is 24.1. The van der Waals surface area contributed by atoms with E-state index in [1.165, 1.54) is 38.9 Å². The number of benzene rings is 1. The van der Waals surface area contributed by atoms with Crippen molar-refractivity contribution in [3.63, 3.8) is 0 Å². The number of aliphatic hydroxyl groups excluding tert-OH is 2. The molecule has 8 N–H and O–H groups in total. The first-order valence-corrected chi connectivity index (χ1v) is 16.5. The molecule has 1 saturated carbocycles. The highest BCUT2D eigenvalue weighted by atomic mass is 32.2. The fourth-order valence-corrected chi connectivity index (χ4v) is 9.31. The van der Waals surface area contributed by atoms with Crippen LogP contribution in [0.4, 0.5) is 16.5 Å². The number of Topliss-reactive ketones (excluding diaryl/α,β-unsaturated/α-hetero) is 2. The van der Waals surface area contributed by atoms with Gasteiger partial charge in [-0.3, -0.25) is 28.8 Å². The molecule has 47 heavy (non-hydrogen) atoms. The highest BCUT2D eigenvalue weighted by Gasteiger charge is 2.64. The maximum Gasteiger partial charge on any atom is 0.273 e. The number of carbonyl (C=O) groups excluding carboxylic acids is 4. The summed E-state index contributed by atoms with van der Waals surface area (Å²) in [4.78, 5) is 58.2. The number of aliphatic hydroxyl groups is 3. The predicted molar refractivity (Wildman–Crippen MR) is 171 cm³/mol. The molecule has 1 aromatic heterocycles. The summed E-state index contributed by atoms with van der Waals surface area (Å²) in [7, 11) is 1.89. The third-order valence-electron chi connectivity index (χ3n) is 8.70. The number of sulfonamides is 1. The molecular formula is C29H34N6O10S2. The maximum atomic E-state index is 14.2. The van der Waals surface area contributed by atoms with Crippen molar-refractivity contribution in [2.24, 2.45) is 17.6 Å². The maximum absolute atomic E-state index is 14.2. The third-order valence-corrected chi connectivity index (χ3v) is 11.8. The lowest BCUT2D eigenvalue weighted by atomic mass is 9.57. The number of nitrogens with zero attached hydrogens (tertiary/aromatic N) is 3. The summed E-state index contributed by atoms with van der Waals surface area (Å²) in [5.41, 5.74) is 1.39. The van der Waals surface area contributed by atoms with Crippen LogP contribution in [0.3, 0.4) is 0 Å². The van der Waals surface area contributed by atoms with Crippen molar-refractivity contribution in [1.29, 1.82) is 0 Å². The molecule has 0 radical (unpaired) electrons. The molecule has 4 atom stereocenters. The number of aromatic hydroxyl groups is 1. The number of ketones is 2. The average molecular weight is 691 g/mol. The second kappa shape index (κ2) is 11.3. The Hall–Kier alpha value is -4.52. The Balaban J connectivity index is 1.68. The van der Waals surface area contributed by atoms with Crippen LogP contribution in [-0.4, -0.2) is 102 Å². The number of phenolic OH excluding ortho intramolecular Hbond substituents is 1. The number of fused-ring (bicyclic) bond motifs is 3. The molecule has 2 aromatic rings. The molecule has 16 nitrogen and oxygen atoms in total. The van der Waals surface area contributed by atoms with Gasteiger partial charge in [-0.2, -0.15) is 0 Å². The fourth-order valence-electron chi connectivity index (χ4n) is 6.80. The lowest BCUT2D eigenvalue weighted by Gasteiger charge is -2.50. The third kappa shape index (κ3) is 5.11. The summed E-state index contributed by atoms with van der Waals surface area (Å²) in [5, 5.41) is 48.4. The first kappa shape index (κ1) is 33.8. The first-order chi connectivity index (χ1) is 21.7. The van der Waals surface area contributed by atoms with Gasteiger partial charge in [-0.1, -0.05) is 11.3 Å². The van der Waals surface area contributed by atoms with Gasteiger partial charge in [0.15, 0.2) is 26.5 Å². The molecule has 1 aromatic carbocycles. The van der Waals surface area contributed by atoms with Crippen LogP contribution in [0.1, 0.15) is 30.2 Å². The number of primary amides is 1. The van der Waals surface area contributed by atoms with Crippen LogP contribution in [0, 0.1) is 18.8 Å². The van der Waals surface area contributed by atoms with E-state index in [0.29, 0.717) is 22.6 Å². The number of nitrogens with two attached hydrogens (primary N) is 1. The molecule has 0 spiro atoms. The molecule has 3 aliphatic rings. The van der Waals surface area contributed by atoms with Gasteiger partial charge in [0.1, 0.15) is 17.1 Å². The topological polar surface area (TPSA) is 253 Å². The first-order valence-electron chi connectivity index (χ1n) is 14.2. The number of likely N-dealkylation sites (N-methyl/N-ethyl adjacent to an activating group) is 1. The number of amides is 2. The molecule has 3 aliphatic carbocycles. The lowest BCUT2D eigenvalue weighted by molar-refractivity contribution is -0.153. The quantitative estimate of drug-likeness (QED) is 0.155. The number of thiazole rings is 1. The summed E-state index contributed by atoms with van der Waals surface area (Å²) >= 11 is 0.684. The van der Waals surface area contributed by atoms with Crippen LogP contribution in [0.2, 0.25) is 0 Å². The number of phenols is 1. The van der Waals surface area contributed by atoms with E-state index in [0.717, 1.165) is 0 Å². The van der Waals surface area contributed by atoms with E-state index >= 15 is 0 Å². The Morgan fingerprint density at radius 1 is 1.15 bits per heavy atom. The van der Waals surface area contributed by atoms with Gasteiger partial charge in [0, 0.05) is 38.2 Å². The Morgan fingerprint density at radius 2 is 1.79 bits per heavy atom. The van der Waals surface area contributed by atoms with Gasteiger partial charge in [0.25, 0.3) is 15.9 Å². The molecule has 1 fully saturated rings. The number of nitrogens with one attached hydrogen (secondary N) is 2. The van der Waals surface area contributed by atoms with Crippen molar-refractivity contribution in [3.05, 3.63) is 39.8 Å². The minimum atomic E-state index is -4.42. The lowest BCUT2D eigenvalue weighted by Crippen LogP contribution is -2.65. The Bertz CT molecular complexity index is 1950. The van der Waals surface area contributed by atoms with Crippen molar-refractivity contribution in [1.82, 2.24) is 9.88 Å². The minimum Gasteiger partial charge on any atom is -0.508 e. The molecule has 2 unspecified atom stereocenters. The number of aromatic nitrogens is 1. The van der Waals surface area contributed by atoms with Crippen LogP contribution in [0.25, 0.3) is 5.76 Å². The molecule has 5 rings (SSSR count). The van der Waals surface area contributed by atoms with Gasteiger partial charge >= 0.3 is 0 Å². The smallest absolute Gasteiger partial charge is 0.273 e. The van der Waals surface area contributed by atoms with Gasteiger partial charge in [0.2, 0.25) is 11.7 Å². The SMILES string of the molecule is CC(=O)Nc1nc(C)c(S(=O)(=O)Nc2cc(N(C)C)c3c(c2O)C(O)=C2C(=O)[C@]4(O)C(O)=C(C(N)=O)C(=O)[C@@H](N(C)C)C4CC2C3)s1. The molecule has 2 amide bonds. The van der Waals surface area contributed by atoms with Crippen LogP contribution in [-0.2, 0) is 35.6 Å². The number of hydrogen-bond donors (Lipinski definition) is 7. The number of aryl methyl sites for hydroxylation is 1. The number of rotatable bonds is 7. The molecule has 0 bridgehead atoms. The summed E-state index contributed by atoms with van der Waals surface area (Å²) in [6, 6.07) is 0.128. The van der Waals surface area contributed by atoms with Crippen molar-refractivity contribution < 1.29 is 48.0 Å². The second-order valence-electron chi connectivity index (χ2n) is 12.2. The zero-order valence-corrected chi connectivity index (χ0v) is 27.8. The van der Waals surface area contributed by atoms with E-state index in [2.05, 4.69) is 15.0 Å². The highest BCUT2D eigenvalue weighted by molar-refractivity contribution is 7.94. The Morgan fingerprint density at radius 3 is 2.34 bits per heavy atom. The molecule has 0 aliphatic heterocycles. The minimum absolute atomic E-state index is 0.0106. The van der Waals surface area contributed by atoms with Gasteiger partial charge in [-0.15, -0.1) is 0 Å². The van der Waals surface area contributed by atoms with Crippen molar-refractivity contribution in [2.45, 2.75) is 42.5 Å². The van der Waals surface area contributed by atoms with Gasteiger partial charge < -0.3 is 36.4 Å². The summed E-state index contributed by atoms with van der Waals surface area (Å²) in [6.45, 7) is 2.66. The largest absolute Gasteiger partial charge is 0.508 e. The molecule has 1 heterocycles. The van der Waals surface area contributed by atoms with Gasteiger partial charge in [0.05, 0.1) is 23.0 Å². The van der Waals surface area contributed by atoms with E-state index < -0.39 is 79.7 Å². The Kier molecular flexibility index (Phi) is 8.15. The van der Waals surface area contributed by atoms with E-state index in [9.17, 15) is 48.0 Å². The van der Waals surface area contributed by atoms with E-state index in [-0.39, 0.29) is 44.7 Å². The molecule has 0 saturated heterocycles. The van der Waals surface area contributed by atoms with Crippen LogP contribution in [0.15, 0.2) is 27.2 Å². The zero-order chi connectivity index (χ0) is 35.1. The van der Waals surface area contributed by atoms with Gasteiger partial charge in [-0.05, 0) is 51.4 Å². The van der Waals surface area contributed by atoms with E-state index in [1.54, 1.807) is 19.0 Å². The fraction of sp³-hybridized carbons (Fsp3) is 0.414. The predicted octanol–water partition coefficient (Wildman–Crippen LogP) is 0.554. The van der Waals surface area contributed by atoms with Crippen LogP contribution >= 0.6 is 11.3 Å². The zero-order valence-electron chi connectivity index (χ0n) is 26.2. The summed E-state index contributed by atoms with van der Waals surface area (Å²) in [5.74, 6) is -8.64. The summed E-state index contributed by atoms with van der Waals surface area (Å²) in [6.07, 6.45) is -0.0915. The van der Waals surface area contributed by atoms with Crippen molar-refractivity contribution in [2.75, 3.05) is 43.1 Å². The van der Waals surface area contributed by atoms with Crippen molar-refractivity contribution >= 4 is 67.0 Å². The number of anilines is 3. The number of carbonyl (C=O) groups is 4. The van der Waals surface area contributed by atoms with Crippen molar-refractivity contribution in [3.8, 4) is 5.75 Å². The molecular weight excluding hydrogens is 656 g/mol.